The average Bonchev–Trinajstić information content (AvgIpc) is 3.27. The maximum absolute atomic E-state index is 14.6. The van der Waals surface area contributed by atoms with Crippen molar-refractivity contribution in [3.63, 3.8) is 0 Å². The second-order valence-corrected chi connectivity index (χ2v) is 20.8. The Kier molecular flexibility index (Phi) is 17.7. The molecule has 0 fully saturated rings. The largest absolute Gasteiger partial charge is 0.355 e. The summed E-state index contributed by atoms with van der Waals surface area (Å²) in [6.45, 7) is 13.3. The van der Waals surface area contributed by atoms with Crippen molar-refractivity contribution in [2.24, 2.45) is 0 Å². The van der Waals surface area contributed by atoms with Gasteiger partial charge in [0.1, 0.15) is 4.90 Å². The Morgan fingerprint density at radius 2 is 1.17 bits per heavy atom. The molecule has 0 heterocycles. The molecule has 1 atom stereocenters. The third-order valence-electron chi connectivity index (χ3n) is 11.2. The van der Waals surface area contributed by atoms with E-state index < -0.39 is 49.3 Å². The number of sulfonamides is 2. The van der Waals surface area contributed by atoms with Gasteiger partial charge in [-0.05, 0) is 114 Å². The van der Waals surface area contributed by atoms with E-state index in [0.29, 0.717) is 24.1 Å². The van der Waals surface area contributed by atoms with E-state index in [2.05, 4.69) is 33.9 Å². The molecule has 14 nitrogen and oxygen atoms in total. The normalized spacial score (nSPS) is 13.7. The van der Waals surface area contributed by atoms with Gasteiger partial charge in [0.25, 0.3) is 0 Å². The molecule has 4 N–H and O–H groups in total. The lowest BCUT2D eigenvalue weighted by molar-refractivity contribution is -0.217. The van der Waals surface area contributed by atoms with Crippen LogP contribution in [-0.2, 0) is 57.6 Å². The summed E-state index contributed by atoms with van der Waals surface area (Å²) in [5.74, 6) is -2.95. The highest BCUT2D eigenvalue weighted by molar-refractivity contribution is 7.89. The molecule has 0 radical (unpaired) electrons. The van der Waals surface area contributed by atoms with Gasteiger partial charge in [0.05, 0.1) is 46.7 Å². The molecule has 5 rings (SSSR count). The van der Waals surface area contributed by atoms with Crippen LogP contribution in [0.4, 0.5) is 22.7 Å². The number of carbonyl (C=O) groups is 2. The molecule has 0 bridgehead atoms. The number of benzene rings is 4. The van der Waals surface area contributed by atoms with Gasteiger partial charge in [-0.25, -0.2) is 26.3 Å². The number of hydrogen-bond acceptors (Lipinski definition) is 12. The van der Waals surface area contributed by atoms with Gasteiger partial charge in [0, 0.05) is 44.1 Å². The number of carbonyl (C=O) groups excluding carboxylic acids is 2. The van der Waals surface area contributed by atoms with E-state index in [-0.39, 0.29) is 69.7 Å². The first-order valence-electron chi connectivity index (χ1n) is 22.3. The summed E-state index contributed by atoms with van der Waals surface area (Å²) in [6.07, 6.45) is 4.91. The van der Waals surface area contributed by atoms with Crippen LogP contribution in [-0.4, -0.2) is 80.0 Å². The van der Waals surface area contributed by atoms with Crippen molar-refractivity contribution in [2.75, 3.05) is 44.5 Å². The molecule has 1 aliphatic carbocycles. The fourth-order valence-electron chi connectivity index (χ4n) is 7.39. The van der Waals surface area contributed by atoms with Gasteiger partial charge >= 0.3 is 0 Å². The van der Waals surface area contributed by atoms with Gasteiger partial charge < -0.3 is 29.6 Å². The molecule has 0 aliphatic heterocycles. The van der Waals surface area contributed by atoms with E-state index in [0.717, 1.165) is 43.2 Å². The molecule has 0 spiro atoms. The predicted molar refractivity (Wildman–Crippen MR) is 256 cm³/mol. The fraction of sp³-hybridized carbons (Fsp3) is 0.469. The zero-order valence-corrected chi connectivity index (χ0v) is 40.8. The number of aryl methyl sites for hydroxylation is 2. The Balaban J connectivity index is 1.54. The summed E-state index contributed by atoms with van der Waals surface area (Å²) in [4.78, 5) is 29.1. The van der Waals surface area contributed by atoms with Crippen LogP contribution in [0.5, 0.6) is 0 Å². The Bertz CT molecular complexity index is 2540. The van der Waals surface area contributed by atoms with E-state index in [1.165, 1.54) is 7.11 Å². The molecule has 4 aromatic carbocycles. The average molecular weight is 935 g/mol. The van der Waals surface area contributed by atoms with Gasteiger partial charge in [-0.1, -0.05) is 69.2 Å². The number of anilines is 4. The summed E-state index contributed by atoms with van der Waals surface area (Å²) >= 11 is 0. The maximum Gasteiger partial charge on any atom is 0.242 e. The first-order chi connectivity index (χ1) is 30.7. The van der Waals surface area contributed by atoms with E-state index >= 15 is 0 Å². The minimum Gasteiger partial charge on any atom is -0.355 e. The lowest BCUT2D eigenvalue weighted by Crippen LogP contribution is -2.38. The van der Waals surface area contributed by atoms with Crippen molar-refractivity contribution in [1.29, 1.82) is 0 Å². The Labute approximate surface area is 385 Å². The molecule has 0 aromatic heterocycles. The second-order valence-electron chi connectivity index (χ2n) is 17.2. The van der Waals surface area contributed by atoms with E-state index in [1.54, 1.807) is 96.3 Å². The third kappa shape index (κ3) is 13.8. The summed E-state index contributed by atoms with van der Waals surface area (Å²) in [6, 6.07) is 20.5. The van der Waals surface area contributed by atoms with Crippen molar-refractivity contribution in [3.8, 4) is 0 Å². The Morgan fingerprint density at radius 1 is 0.646 bits per heavy atom. The predicted octanol–water partition coefficient (Wildman–Crippen LogP) is 8.91. The molecule has 4 aromatic rings. The minimum atomic E-state index is -4.17. The first kappa shape index (κ1) is 51.5. The van der Waals surface area contributed by atoms with Gasteiger partial charge in [0.2, 0.25) is 20.0 Å². The highest BCUT2D eigenvalue weighted by Gasteiger charge is 2.35. The number of ether oxygens (including phenoxy) is 4. The van der Waals surface area contributed by atoms with Crippen LogP contribution < -0.4 is 20.1 Å². The second kappa shape index (κ2) is 22.3. The molecule has 0 amide bonds. The standard InChI is InChI=1S/C49H66N4O10S2/c1-10-12-17-34-21-23-39(36(29-34)32-64(56,57)50-27-16-28-62-48(4,5)60-8)52-41-25-26-42(45-44(41)46(54)37-19-14-15-20-38(37)47(45)55)53-40-24-22-35(18-13-11-2)30-43(40)65(58,59)51-31-33(3)63-49(6,7)61-9/h14-15,19-26,29-30,33,50-53H,10-13,16-18,27-28,31-32H2,1-9H3. The Hall–Kier alpha value is -4.52. The number of hydrogen-bond donors (Lipinski definition) is 4. The summed E-state index contributed by atoms with van der Waals surface area (Å²) < 4.78 is 83.0. The van der Waals surface area contributed by atoms with Crippen LogP contribution in [0.25, 0.3) is 0 Å². The summed E-state index contributed by atoms with van der Waals surface area (Å²) in [5.41, 5.74) is 3.92. The number of fused-ring (bicyclic) bond motifs is 2. The highest BCUT2D eigenvalue weighted by atomic mass is 32.2. The van der Waals surface area contributed by atoms with Crippen molar-refractivity contribution < 1.29 is 45.4 Å². The molecular formula is C49H66N4O10S2. The number of unbranched alkanes of at least 4 members (excludes halogenated alkanes) is 2. The molecule has 354 valence electrons. The van der Waals surface area contributed by atoms with Crippen molar-refractivity contribution in [2.45, 2.75) is 122 Å². The number of nitrogens with one attached hydrogen (secondary N) is 4. The summed E-state index contributed by atoms with van der Waals surface area (Å²) in [5, 5.41) is 6.57. The monoisotopic (exact) mass is 934 g/mol. The van der Waals surface area contributed by atoms with Crippen LogP contribution >= 0.6 is 0 Å². The van der Waals surface area contributed by atoms with Crippen LogP contribution in [0.1, 0.15) is 129 Å². The lowest BCUT2D eigenvalue weighted by Gasteiger charge is -2.28. The van der Waals surface area contributed by atoms with Gasteiger partial charge in [-0.15, -0.1) is 0 Å². The molecule has 1 unspecified atom stereocenters. The molecule has 65 heavy (non-hydrogen) atoms. The maximum atomic E-state index is 14.6. The van der Waals surface area contributed by atoms with Gasteiger partial charge in [-0.3, -0.25) is 9.59 Å². The lowest BCUT2D eigenvalue weighted by atomic mass is 9.82. The quantitative estimate of drug-likeness (QED) is 0.0305. The zero-order chi connectivity index (χ0) is 47.6. The highest BCUT2D eigenvalue weighted by Crippen LogP contribution is 2.40. The molecule has 0 saturated carbocycles. The van der Waals surface area contributed by atoms with Crippen LogP contribution in [0.2, 0.25) is 0 Å². The smallest absolute Gasteiger partial charge is 0.242 e. The third-order valence-corrected chi connectivity index (χ3v) is 14.0. The van der Waals surface area contributed by atoms with Crippen molar-refractivity contribution in [3.05, 3.63) is 112 Å². The van der Waals surface area contributed by atoms with E-state index in [9.17, 15) is 26.4 Å². The van der Waals surface area contributed by atoms with Crippen LogP contribution in [0, 0.1) is 0 Å². The molecule has 16 heteroatoms. The van der Waals surface area contributed by atoms with Gasteiger partial charge in [0.15, 0.2) is 23.1 Å². The topological polar surface area (TPSA) is 187 Å². The fourth-order valence-corrected chi connectivity index (χ4v) is 9.92. The molecule has 0 saturated heterocycles. The number of ketones is 2. The molecular weight excluding hydrogens is 869 g/mol. The first-order valence-corrected chi connectivity index (χ1v) is 25.4. The van der Waals surface area contributed by atoms with Crippen LogP contribution in [0.15, 0.2) is 77.7 Å². The summed E-state index contributed by atoms with van der Waals surface area (Å²) in [7, 11) is -4.96. The Morgan fingerprint density at radius 3 is 1.72 bits per heavy atom. The number of rotatable bonds is 26. The van der Waals surface area contributed by atoms with E-state index in [1.807, 2.05) is 18.2 Å². The van der Waals surface area contributed by atoms with Gasteiger partial charge in [-0.2, -0.15) is 0 Å². The molecule has 1 aliphatic rings. The van der Waals surface area contributed by atoms with Crippen molar-refractivity contribution in [1.82, 2.24) is 9.44 Å². The van der Waals surface area contributed by atoms with E-state index in [4.69, 9.17) is 18.9 Å². The SMILES string of the molecule is CCCCc1ccc(Nc2ccc(Nc3ccc(CCCC)cc3S(=O)(=O)NCC(C)OC(C)(C)OC)c3c2C(=O)c2ccccc2C3=O)c(CS(=O)(=O)NCCCOC(C)(C)OC)c1. The minimum absolute atomic E-state index is 0.0378. The zero-order valence-electron chi connectivity index (χ0n) is 39.2. The van der Waals surface area contributed by atoms with Crippen LogP contribution in [0.3, 0.4) is 0 Å². The van der Waals surface area contributed by atoms with Crippen molar-refractivity contribution >= 4 is 54.4 Å². The number of methoxy groups -OCH3 is 2.